The second-order valence-electron chi connectivity index (χ2n) is 2.21. The van der Waals surface area contributed by atoms with Gasteiger partial charge in [0.05, 0.1) is 0 Å². The summed E-state index contributed by atoms with van der Waals surface area (Å²) in [5.74, 6) is 1.25. The van der Waals surface area contributed by atoms with E-state index >= 15 is 0 Å². The predicted molar refractivity (Wildman–Crippen MR) is 45.7 cm³/mol. The van der Waals surface area contributed by atoms with Gasteiger partial charge in [-0.1, -0.05) is 0 Å². The average molecular weight is 187 g/mol. The zero-order chi connectivity index (χ0) is 10.1. The highest BCUT2D eigenvalue weighted by molar-refractivity contribution is 5.79. The van der Waals surface area contributed by atoms with Crippen LogP contribution in [0.5, 0.6) is 0 Å². The fourth-order valence-corrected chi connectivity index (χ4v) is 0.720. The highest BCUT2D eigenvalue weighted by Crippen LogP contribution is 1.90. The second-order valence-corrected chi connectivity index (χ2v) is 2.21. The Balaban J connectivity index is 3.65. The minimum Gasteiger partial charge on any atom is -0.351 e. The third-order valence-corrected chi connectivity index (χ3v) is 1.31. The van der Waals surface area contributed by atoms with Gasteiger partial charge in [0.1, 0.15) is 5.94 Å². The van der Waals surface area contributed by atoms with Gasteiger partial charge in [0.25, 0.3) is 5.91 Å². The zero-order valence-electron chi connectivity index (χ0n) is 7.70. The third kappa shape index (κ3) is 5.14. The van der Waals surface area contributed by atoms with Gasteiger partial charge >= 0.3 is 0 Å². The Kier molecular flexibility index (Phi) is 6.82. The van der Waals surface area contributed by atoms with E-state index in [4.69, 9.17) is 9.47 Å². The molecule has 0 saturated carbocycles. The fraction of sp³-hybridized carbons (Fsp3) is 0.625. The van der Waals surface area contributed by atoms with Crippen LogP contribution in [0.4, 0.5) is 0 Å². The Morgan fingerprint density at radius 3 is 2.62 bits per heavy atom. The third-order valence-electron chi connectivity index (χ3n) is 1.31. The molecule has 0 atom stereocenters. The minimum atomic E-state index is -0.889. The standard InChI is InChI=1S/C8H13NO4/c1-12-8(13-2)7(11)9-5-3-4-6-10/h4,8H,3,5H2,1-2H3,(H,9,11). The zero-order valence-corrected chi connectivity index (χ0v) is 7.70. The van der Waals surface area contributed by atoms with Gasteiger partial charge < -0.3 is 14.8 Å². The van der Waals surface area contributed by atoms with E-state index in [0.717, 1.165) is 0 Å². The Morgan fingerprint density at radius 2 is 2.15 bits per heavy atom. The maximum absolute atomic E-state index is 11.1. The minimum absolute atomic E-state index is 0.357. The highest BCUT2D eigenvalue weighted by atomic mass is 16.7. The average Bonchev–Trinajstić information content (AvgIpc) is 2.14. The normalized spacial score (nSPS) is 9.46. The van der Waals surface area contributed by atoms with Crippen molar-refractivity contribution in [2.45, 2.75) is 12.7 Å². The number of ether oxygens (including phenoxy) is 2. The van der Waals surface area contributed by atoms with Crippen molar-refractivity contribution in [3.8, 4) is 0 Å². The number of methoxy groups -OCH3 is 2. The van der Waals surface area contributed by atoms with E-state index < -0.39 is 6.29 Å². The molecule has 0 spiro atoms. The molecule has 0 aliphatic heterocycles. The molecule has 0 rings (SSSR count). The van der Waals surface area contributed by atoms with E-state index in [9.17, 15) is 9.59 Å². The van der Waals surface area contributed by atoms with Gasteiger partial charge in [0, 0.05) is 26.8 Å². The van der Waals surface area contributed by atoms with Crippen molar-refractivity contribution in [2.24, 2.45) is 0 Å². The van der Waals surface area contributed by atoms with Gasteiger partial charge in [-0.05, 0) is 6.42 Å². The summed E-state index contributed by atoms with van der Waals surface area (Å²) < 4.78 is 9.39. The summed E-state index contributed by atoms with van der Waals surface area (Å²) in [7, 11) is 2.75. The van der Waals surface area contributed by atoms with Gasteiger partial charge in [0.15, 0.2) is 0 Å². The first-order chi connectivity index (χ1) is 6.26. The molecule has 0 heterocycles. The quantitative estimate of drug-likeness (QED) is 0.346. The smallest absolute Gasteiger partial charge is 0.277 e. The largest absolute Gasteiger partial charge is 0.351 e. The molecule has 0 aliphatic carbocycles. The molecule has 1 amide bonds. The van der Waals surface area contributed by atoms with Gasteiger partial charge in [-0.2, -0.15) is 0 Å². The Bertz CT molecular complexity index is 194. The molecule has 1 N–H and O–H groups in total. The molecule has 13 heavy (non-hydrogen) atoms. The molecule has 0 bridgehead atoms. The molecule has 74 valence electrons. The van der Waals surface area contributed by atoms with E-state index in [0.29, 0.717) is 13.0 Å². The van der Waals surface area contributed by atoms with Gasteiger partial charge in [-0.15, -0.1) is 0 Å². The van der Waals surface area contributed by atoms with Crippen LogP contribution in [-0.4, -0.2) is 38.9 Å². The molecule has 0 saturated heterocycles. The monoisotopic (exact) mass is 187 g/mol. The van der Waals surface area contributed by atoms with E-state index in [1.165, 1.54) is 20.3 Å². The molecule has 0 aromatic heterocycles. The summed E-state index contributed by atoms with van der Waals surface area (Å²) in [6, 6.07) is 0. The van der Waals surface area contributed by atoms with Crippen LogP contribution in [0.25, 0.3) is 0 Å². The maximum atomic E-state index is 11.1. The number of rotatable bonds is 6. The molecule has 5 heteroatoms. The summed E-state index contributed by atoms with van der Waals surface area (Å²) in [6.45, 7) is 0.372. The van der Waals surface area contributed by atoms with Crippen molar-refractivity contribution >= 4 is 11.8 Å². The first-order valence-electron chi connectivity index (χ1n) is 3.79. The summed E-state index contributed by atoms with van der Waals surface area (Å²) in [4.78, 5) is 20.8. The van der Waals surface area contributed by atoms with Crippen LogP contribution >= 0.6 is 0 Å². The van der Waals surface area contributed by atoms with Gasteiger partial charge in [0.2, 0.25) is 6.29 Å². The van der Waals surface area contributed by atoms with E-state index in [1.807, 2.05) is 0 Å². The van der Waals surface area contributed by atoms with Crippen LogP contribution in [0, 0.1) is 0 Å². The Morgan fingerprint density at radius 1 is 1.54 bits per heavy atom. The molecule has 0 aliphatic rings. The van der Waals surface area contributed by atoms with E-state index in [2.05, 4.69) is 5.32 Å². The SMILES string of the molecule is COC(OC)C(=O)NCCC=C=O. The number of carbonyl (C=O) groups excluding carboxylic acids is 2. The van der Waals surface area contributed by atoms with E-state index in [-0.39, 0.29) is 5.91 Å². The van der Waals surface area contributed by atoms with Crippen LogP contribution in [0.1, 0.15) is 6.42 Å². The molecule has 0 radical (unpaired) electrons. The van der Waals surface area contributed by atoms with Crippen LogP contribution in [0.2, 0.25) is 0 Å². The van der Waals surface area contributed by atoms with E-state index in [1.54, 1.807) is 5.94 Å². The van der Waals surface area contributed by atoms with Crippen molar-refractivity contribution < 1.29 is 19.1 Å². The molecule has 0 unspecified atom stereocenters. The van der Waals surface area contributed by atoms with Crippen molar-refractivity contribution in [1.29, 1.82) is 0 Å². The highest BCUT2D eigenvalue weighted by Gasteiger charge is 2.14. The number of hydrogen-bond acceptors (Lipinski definition) is 4. The number of nitrogens with one attached hydrogen (secondary N) is 1. The summed E-state index contributed by atoms with van der Waals surface area (Å²) in [6.07, 6.45) is 0.866. The summed E-state index contributed by atoms with van der Waals surface area (Å²) in [5, 5.41) is 2.52. The molecule has 5 nitrogen and oxygen atoms in total. The van der Waals surface area contributed by atoms with Gasteiger partial charge in [-0.25, -0.2) is 4.79 Å². The molecule has 0 fully saturated rings. The van der Waals surface area contributed by atoms with Crippen LogP contribution < -0.4 is 5.32 Å². The second kappa shape index (κ2) is 7.49. The Hall–Kier alpha value is -1.16. The van der Waals surface area contributed by atoms with Gasteiger partial charge in [-0.3, -0.25) is 4.79 Å². The molecular formula is C8H13NO4. The lowest BCUT2D eigenvalue weighted by atomic mass is 10.4. The van der Waals surface area contributed by atoms with Crippen LogP contribution in [-0.2, 0) is 19.1 Å². The number of carbonyl (C=O) groups is 1. The van der Waals surface area contributed by atoms with Crippen molar-refractivity contribution in [2.75, 3.05) is 20.8 Å². The van der Waals surface area contributed by atoms with Crippen molar-refractivity contribution in [1.82, 2.24) is 5.32 Å². The topological polar surface area (TPSA) is 64.6 Å². The fourth-order valence-electron chi connectivity index (χ4n) is 0.720. The molecule has 0 aromatic carbocycles. The predicted octanol–water partition coefficient (Wildman–Crippen LogP) is -0.501. The maximum Gasteiger partial charge on any atom is 0.277 e. The number of hydrogen-bond donors (Lipinski definition) is 1. The van der Waals surface area contributed by atoms with Crippen LogP contribution in [0.15, 0.2) is 6.08 Å². The molecular weight excluding hydrogens is 174 g/mol. The Labute approximate surface area is 76.7 Å². The van der Waals surface area contributed by atoms with Crippen molar-refractivity contribution in [3.05, 3.63) is 6.08 Å². The first-order valence-corrected chi connectivity index (χ1v) is 3.79. The lowest BCUT2D eigenvalue weighted by Gasteiger charge is -2.12. The van der Waals surface area contributed by atoms with Crippen molar-refractivity contribution in [3.63, 3.8) is 0 Å². The number of amides is 1. The lowest BCUT2D eigenvalue weighted by Crippen LogP contribution is -2.37. The summed E-state index contributed by atoms with van der Waals surface area (Å²) >= 11 is 0. The molecule has 0 aromatic rings. The first kappa shape index (κ1) is 11.8. The summed E-state index contributed by atoms with van der Waals surface area (Å²) in [5.41, 5.74) is 0. The lowest BCUT2D eigenvalue weighted by molar-refractivity contribution is -0.158. The van der Waals surface area contributed by atoms with Crippen LogP contribution in [0.3, 0.4) is 0 Å².